The second kappa shape index (κ2) is 9.82. The van der Waals surface area contributed by atoms with E-state index in [0.717, 1.165) is 0 Å². The minimum absolute atomic E-state index is 0.0340. The van der Waals surface area contributed by atoms with Gasteiger partial charge in [-0.2, -0.15) is 5.10 Å². The monoisotopic (exact) mass is 461 g/mol. The summed E-state index contributed by atoms with van der Waals surface area (Å²) in [6.45, 7) is 6.10. The molecule has 1 amide bonds. The number of anilines is 2. The highest BCUT2D eigenvalue weighted by Crippen LogP contribution is 2.36. The number of aromatic nitrogens is 4. The van der Waals surface area contributed by atoms with Gasteiger partial charge in [-0.05, 0) is 39.0 Å². The zero-order valence-electron chi connectivity index (χ0n) is 18.2. The number of halogens is 2. The molecule has 1 aromatic carbocycles. The molecule has 0 saturated carbocycles. The van der Waals surface area contributed by atoms with Crippen LogP contribution in [0.4, 0.5) is 20.8 Å². The fourth-order valence-electron chi connectivity index (χ4n) is 2.98. The first-order valence-corrected chi connectivity index (χ1v) is 10.3. The Morgan fingerprint density at radius 1 is 1.31 bits per heavy atom. The number of benzene rings is 1. The number of rotatable bonds is 7. The first-order chi connectivity index (χ1) is 15.2. The second-order valence-corrected chi connectivity index (χ2v) is 7.94. The van der Waals surface area contributed by atoms with Crippen LogP contribution >= 0.6 is 11.6 Å². The van der Waals surface area contributed by atoms with E-state index in [4.69, 9.17) is 17.3 Å². The van der Waals surface area contributed by atoms with Crippen molar-refractivity contribution >= 4 is 29.3 Å². The highest BCUT2D eigenvalue weighted by Gasteiger charge is 2.21. The van der Waals surface area contributed by atoms with E-state index < -0.39 is 11.9 Å². The normalized spacial score (nSPS) is 12.0. The number of carbonyl (C=O) groups is 1. The van der Waals surface area contributed by atoms with Gasteiger partial charge in [0, 0.05) is 47.2 Å². The van der Waals surface area contributed by atoms with Gasteiger partial charge in [-0.15, -0.1) is 0 Å². The van der Waals surface area contributed by atoms with E-state index in [0.29, 0.717) is 34.5 Å². The summed E-state index contributed by atoms with van der Waals surface area (Å²) in [5, 5.41) is 10.6. The van der Waals surface area contributed by atoms with Crippen molar-refractivity contribution in [3.8, 4) is 22.5 Å². The van der Waals surface area contributed by atoms with E-state index in [1.165, 1.54) is 19.2 Å². The van der Waals surface area contributed by atoms with Gasteiger partial charge in [0.15, 0.2) is 5.82 Å². The molecule has 0 aliphatic heterocycles. The molecule has 2 aromatic heterocycles. The van der Waals surface area contributed by atoms with Crippen LogP contribution < -0.4 is 16.4 Å². The SMILES string of the molecule is COC(=O)NC(C)CNc1nccc(-c2nn(C(C)C)cc2-c2cc(Cl)cc(N)c2F)n1. The third-order valence-corrected chi connectivity index (χ3v) is 4.85. The Morgan fingerprint density at radius 3 is 2.75 bits per heavy atom. The highest BCUT2D eigenvalue weighted by atomic mass is 35.5. The Morgan fingerprint density at radius 2 is 2.06 bits per heavy atom. The second-order valence-electron chi connectivity index (χ2n) is 7.51. The first-order valence-electron chi connectivity index (χ1n) is 9.95. The molecule has 2 heterocycles. The molecule has 3 aromatic rings. The minimum Gasteiger partial charge on any atom is -0.453 e. The van der Waals surface area contributed by atoms with Gasteiger partial charge in [0.25, 0.3) is 0 Å². The summed E-state index contributed by atoms with van der Waals surface area (Å²) in [5.41, 5.74) is 7.44. The van der Waals surface area contributed by atoms with Crippen LogP contribution in [-0.2, 0) is 4.74 Å². The number of hydrogen-bond acceptors (Lipinski definition) is 7. The van der Waals surface area contributed by atoms with Gasteiger partial charge in [0.05, 0.1) is 18.5 Å². The molecule has 0 aliphatic carbocycles. The van der Waals surface area contributed by atoms with Crippen LogP contribution in [0.1, 0.15) is 26.8 Å². The molecule has 0 radical (unpaired) electrons. The largest absolute Gasteiger partial charge is 0.453 e. The maximum absolute atomic E-state index is 14.9. The molecule has 1 unspecified atom stereocenters. The van der Waals surface area contributed by atoms with Crippen molar-refractivity contribution in [1.82, 2.24) is 25.1 Å². The summed E-state index contributed by atoms with van der Waals surface area (Å²) in [5.74, 6) is -0.244. The summed E-state index contributed by atoms with van der Waals surface area (Å²) in [7, 11) is 1.30. The predicted octanol–water partition coefficient (Wildman–Crippen LogP) is 4.12. The summed E-state index contributed by atoms with van der Waals surface area (Å²) in [6, 6.07) is 4.37. The lowest BCUT2D eigenvalue weighted by atomic mass is 10.0. The Bertz CT molecular complexity index is 1120. The number of methoxy groups -OCH3 is 1. The van der Waals surface area contributed by atoms with Crippen molar-refractivity contribution in [3.05, 3.63) is 41.4 Å². The molecule has 0 spiro atoms. The Labute approximate surface area is 190 Å². The maximum atomic E-state index is 14.9. The topological polar surface area (TPSA) is 120 Å². The van der Waals surface area contributed by atoms with Gasteiger partial charge >= 0.3 is 6.09 Å². The fraction of sp³-hybridized carbons (Fsp3) is 0.333. The van der Waals surface area contributed by atoms with Crippen molar-refractivity contribution in [3.63, 3.8) is 0 Å². The average Bonchev–Trinajstić information content (AvgIpc) is 3.20. The van der Waals surface area contributed by atoms with Crippen molar-refractivity contribution in [1.29, 1.82) is 0 Å². The van der Waals surface area contributed by atoms with Gasteiger partial charge in [-0.3, -0.25) is 4.68 Å². The fourth-order valence-corrected chi connectivity index (χ4v) is 3.21. The van der Waals surface area contributed by atoms with Gasteiger partial charge in [0.2, 0.25) is 5.95 Å². The number of nitrogens with two attached hydrogens (primary N) is 1. The number of carbonyl (C=O) groups excluding carboxylic acids is 1. The van der Waals surface area contributed by atoms with Crippen LogP contribution in [0.3, 0.4) is 0 Å². The molecular weight excluding hydrogens is 437 g/mol. The number of amides is 1. The number of alkyl carbamates (subject to hydrolysis) is 1. The number of nitrogens with zero attached hydrogens (tertiary/aromatic N) is 4. The molecule has 3 rings (SSSR count). The molecule has 11 heteroatoms. The smallest absolute Gasteiger partial charge is 0.407 e. The van der Waals surface area contributed by atoms with Gasteiger partial charge in [0.1, 0.15) is 5.69 Å². The lowest BCUT2D eigenvalue weighted by molar-refractivity contribution is 0.168. The summed E-state index contributed by atoms with van der Waals surface area (Å²) >= 11 is 6.13. The average molecular weight is 462 g/mol. The van der Waals surface area contributed by atoms with E-state index in [2.05, 4.69) is 30.4 Å². The molecule has 170 valence electrons. The van der Waals surface area contributed by atoms with Gasteiger partial charge < -0.3 is 21.1 Å². The van der Waals surface area contributed by atoms with Crippen molar-refractivity contribution in [2.45, 2.75) is 32.9 Å². The summed E-state index contributed by atoms with van der Waals surface area (Å²) in [4.78, 5) is 20.1. The summed E-state index contributed by atoms with van der Waals surface area (Å²) < 4.78 is 21.2. The number of ether oxygens (including phenoxy) is 1. The van der Waals surface area contributed by atoms with Crippen LogP contribution in [0.15, 0.2) is 30.6 Å². The van der Waals surface area contributed by atoms with E-state index in [1.54, 1.807) is 23.1 Å². The third-order valence-electron chi connectivity index (χ3n) is 4.63. The quantitative estimate of drug-likeness (QED) is 0.452. The van der Waals surface area contributed by atoms with E-state index >= 15 is 0 Å². The first kappa shape index (κ1) is 23.3. The standard InChI is InChI=1S/C21H25ClFN7O2/c1-11(2)30-10-15(14-7-13(22)8-16(24)18(14)23)19(29-30)17-5-6-25-20(28-17)26-9-12(3)27-21(31)32-4/h5-8,10-12H,9,24H2,1-4H3,(H,27,31)(H,25,26,28). The predicted molar refractivity (Wildman–Crippen MR) is 122 cm³/mol. The zero-order chi connectivity index (χ0) is 23.4. The van der Waals surface area contributed by atoms with Crippen molar-refractivity contribution in [2.75, 3.05) is 24.7 Å². The van der Waals surface area contributed by atoms with Crippen LogP contribution in [0.25, 0.3) is 22.5 Å². The maximum Gasteiger partial charge on any atom is 0.407 e. The molecule has 0 aliphatic rings. The molecule has 32 heavy (non-hydrogen) atoms. The van der Waals surface area contributed by atoms with Crippen molar-refractivity contribution < 1.29 is 13.9 Å². The number of hydrogen-bond donors (Lipinski definition) is 3. The molecular formula is C21H25ClFN7O2. The minimum atomic E-state index is -0.575. The lowest BCUT2D eigenvalue weighted by Crippen LogP contribution is -2.37. The third kappa shape index (κ3) is 5.25. The Balaban J connectivity index is 1.96. The van der Waals surface area contributed by atoms with E-state index in [1.807, 2.05) is 20.8 Å². The molecule has 9 nitrogen and oxygen atoms in total. The number of nitrogen functional groups attached to an aromatic ring is 1. The summed E-state index contributed by atoms with van der Waals surface area (Å²) in [6.07, 6.45) is 2.79. The molecule has 0 saturated heterocycles. The van der Waals surface area contributed by atoms with Gasteiger partial charge in [-0.25, -0.2) is 19.2 Å². The highest BCUT2D eigenvalue weighted by molar-refractivity contribution is 6.31. The van der Waals surface area contributed by atoms with Crippen LogP contribution in [0, 0.1) is 5.82 Å². The van der Waals surface area contributed by atoms with Crippen molar-refractivity contribution in [2.24, 2.45) is 0 Å². The Hall–Kier alpha value is -3.40. The van der Waals surface area contributed by atoms with E-state index in [-0.39, 0.29) is 23.3 Å². The number of nitrogens with one attached hydrogen (secondary N) is 2. The van der Waals surface area contributed by atoms with Gasteiger partial charge in [-0.1, -0.05) is 11.6 Å². The Kier molecular flexibility index (Phi) is 7.14. The molecule has 0 fully saturated rings. The zero-order valence-corrected chi connectivity index (χ0v) is 18.9. The lowest BCUT2D eigenvalue weighted by Gasteiger charge is -2.14. The molecule has 0 bridgehead atoms. The van der Waals surface area contributed by atoms with E-state index in [9.17, 15) is 9.18 Å². The molecule has 4 N–H and O–H groups in total. The van der Waals surface area contributed by atoms with Crippen LogP contribution in [0.2, 0.25) is 5.02 Å². The van der Waals surface area contributed by atoms with Crippen LogP contribution in [0.5, 0.6) is 0 Å². The van der Waals surface area contributed by atoms with Crippen LogP contribution in [-0.4, -0.2) is 45.5 Å². The molecule has 1 atom stereocenters.